The van der Waals surface area contributed by atoms with Crippen LogP contribution in [0.2, 0.25) is 0 Å². The topological polar surface area (TPSA) is 38.7 Å². The van der Waals surface area contributed by atoms with Crippen LogP contribution in [0.1, 0.15) is 11.1 Å². The Bertz CT molecular complexity index is 1360. The minimum Gasteiger partial charge on any atom is -0.255 e. The predicted octanol–water partition coefficient (Wildman–Crippen LogP) is 8.63. The van der Waals surface area contributed by atoms with E-state index in [1.54, 1.807) is 23.7 Å². The minimum absolute atomic E-state index is 0.825. The highest BCUT2D eigenvalue weighted by Crippen LogP contribution is 2.33. The van der Waals surface area contributed by atoms with Gasteiger partial charge in [0.05, 0.1) is 30.3 Å². The van der Waals surface area contributed by atoms with Gasteiger partial charge in [-0.05, 0) is 91.0 Å². The van der Waals surface area contributed by atoms with Crippen LogP contribution < -0.4 is 0 Å². The number of pyridine rings is 3. The van der Waals surface area contributed by atoms with E-state index >= 15 is 0 Å². The van der Waals surface area contributed by atoms with E-state index in [4.69, 9.17) is 4.98 Å². The van der Waals surface area contributed by atoms with Crippen molar-refractivity contribution in [1.82, 2.24) is 15.0 Å². The highest BCUT2D eigenvalue weighted by Gasteiger charge is 2.10. The molecule has 0 radical (unpaired) electrons. The van der Waals surface area contributed by atoms with Gasteiger partial charge < -0.3 is 0 Å². The fourth-order valence-electron chi connectivity index (χ4n) is 3.43. The molecule has 0 amide bonds. The zero-order chi connectivity index (χ0) is 22.6. The minimum atomic E-state index is 0.825. The van der Waals surface area contributed by atoms with Crippen molar-refractivity contribution in [3.63, 3.8) is 0 Å². The Labute approximate surface area is 213 Å². The lowest BCUT2D eigenvalue weighted by Gasteiger charge is -2.09. The summed E-state index contributed by atoms with van der Waals surface area (Å²) in [5.74, 6) is 0. The van der Waals surface area contributed by atoms with Gasteiger partial charge in [0.15, 0.2) is 0 Å². The molecule has 0 fully saturated rings. The third-order valence-corrected chi connectivity index (χ3v) is 7.45. The first-order chi connectivity index (χ1) is 16.2. The molecule has 0 aliphatic carbocycles. The van der Waals surface area contributed by atoms with Crippen LogP contribution in [-0.2, 0) is 0 Å². The molecule has 0 aliphatic heterocycles. The number of nitrogens with zero attached hydrogens (tertiary/aromatic N) is 3. The van der Waals surface area contributed by atoms with E-state index in [2.05, 4.69) is 96.4 Å². The molecule has 1 aromatic carbocycles. The second-order valence-corrected chi connectivity index (χ2v) is 11.0. The van der Waals surface area contributed by atoms with E-state index < -0.39 is 0 Å². The molecule has 0 aliphatic rings. The smallest absolute Gasteiger partial charge is 0.0900 e. The molecule has 5 aromatic rings. The summed E-state index contributed by atoms with van der Waals surface area (Å²) in [7, 11) is 0. The molecule has 0 saturated heterocycles. The standard InChI is InChI=1S/C27H17Br2N3S/c28-26-17-20(27(29)33-26)12-9-18-7-10-19(11-8-18)21-15-24(22-5-1-3-13-30-22)32-25(16-21)23-6-2-4-14-31-23/h1-17H/b12-9+. The Hall–Kier alpha value is -2.93. The molecule has 33 heavy (non-hydrogen) atoms. The number of rotatable bonds is 5. The van der Waals surface area contributed by atoms with Crippen LogP contribution >= 0.6 is 43.2 Å². The zero-order valence-electron chi connectivity index (χ0n) is 17.3. The Morgan fingerprint density at radius 2 is 1.27 bits per heavy atom. The quantitative estimate of drug-likeness (QED) is 0.211. The molecule has 160 valence electrons. The molecule has 0 N–H and O–H groups in total. The van der Waals surface area contributed by atoms with Crippen LogP contribution in [0, 0.1) is 0 Å². The maximum atomic E-state index is 4.85. The van der Waals surface area contributed by atoms with E-state index in [0.717, 1.165) is 52.6 Å². The molecule has 4 heterocycles. The van der Waals surface area contributed by atoms with Crippen LogP contribution in [-0.4, -0.2) is 15.0 Å². The van der Waals surface area contributed by atoms with Gasteiger partial charge in [-0.2, -0.15) is 0 Å². The average molecular weight is 575 g/mol. The fraction of sp³-hybridized carbons (Fsp3) is 0. The fourth-order valence-corrected chi connectivity index (χ4v) is 6.18. The Kier molecular flexibility index (Phi) is 6.58. The molecule has 0 atom stereocenters. The zero-order valence-corrected chi connectivity index (χ0v) is 21.3. The molecule has 0 unspecified atom stereocenters. The van der Waals surface area contributed by atoms with E-state index in [1.165, 1.54) is 0 Å². The largest absolute Gasteiger partial charge is 0.255 e. The summed E-state index contributed by atoms with van der Waals surface area (Å²) in [5.41, 5.74) is 7.81. The van der Waals surface area contributed by atoms with E-state index in [-0.39, 0.29) is 0 Å². The Morgan fingerprint density at radius 3 is 1.79 bits per heavy atom. The monoisotopic (exact) mass is 573 g/mol. The highest BCUT2D eigenvalue weighted by molar-refractivity contribution is 9.12. The first-order valence-electron chi connectivity index (χ1n) is 10.2. The molecule has 5 rings (SSSR count). The SMILES string of the molecule is Brc1cc(/C=C/c2ccc(-c3cc(-c4ccccn4)nc(-c4ccccn4)c3)cc2)c(Br)s1. The van der Waals surface area contributed by atoms with Crippen LogP contribution in [0.4, 0.5) is 0 Å². The van der Waals surface area contributed by atoms with E-state index in [1.807, 2.05) is 36.4 Å². The van der Waals surface area contributed by atoms with Crippen molar-refractivity contribution in [1.29, 1.82) is 0 Å². The van der Waals surface area contributed by atoms with Crippen molar-refractivity contribution < 1.29 is 0 Å². The van der Waals surface area contributed by atoms with Gasteiger partial charge in [-0.25, -0.2) is 4.98 Å². The maximum Gasteiger partial charge on any atom is 0.0900 e. The van der Waals surface area contributed by atoms with Gasteiger partial charge in [-0.1, -0.05) is 48.6 Å². The van der Waals surface area contributed by atoms with Crippen molar-refractivity contribution in [3.8, 4) is 33.9 Å². The summed E-state index contributed by atoms with van der Waals surface area (Å²) < 4.78 is 2.22. The summed E-state index contributed by atoms with van der Waals surface area (Å²) in [6.45, 7) is 0. The molecule has 0 bridgehead atoms. The Morgan fingerprint density at radius 1 is 0.636 bits per heavy atom. The van der Waals surface area contributed by atoms with Crippen LogP contribution in [0.25, 0.3) is 46.1 Å². The predicted molar refractivity (Wildman–Crippen MR) is 145 cm³/mol. The van der Waals surface area contributed by atoms with Crippen molar-refractivity contribution >= 4 is 55.3 Å². The molecule has 6 heteroatoms. The Balaban J connectivity index is 1.51. The highest BCUT2D eigenvalue weighted by atomic mass is 79.9. The van der Waals surface area contributed by atoms with Gasteiger partial charge in [0, 0.05) is 18.0 Å². The maximum absolute atomic E-state index is 4.85. The molecule has 4 aromatic heterocycles. The summed E-state index contributed by atoms with van der Waals surface area (Å²) in [5, 5.41) is 0. The molecular weight excluding hydrogens is 558 g/mol. The first-order valence-corrected chi connectivity index (χ1v) is 12.6. The molecule has 3 nitrogen and oxygen atoms in total. The second kappa shape index (κ2) is 9.91. The number of halogens is 2. The number of hydrogen-bond acceptors (Lipinski definition) is 4. The third-order valence-electron chi connectivity index (χ3n) is 5.06. The third kappa shape index (κ3) is 5.19. The lowest BCUT2D eigenvalue weighted by atomic mass is 10.0. The van der Waals surface area contributed by atoms with Crippen molar-refractivity contribution in [2.75, 3.05) is 0 Å². The number of hydrogen-bond donors (Lipinski definition) is 0. The summed E-state index contributed by atoms with van der Waals surface area (Å²) in [6, 6.07) is 26.5. The number of benzene rings is 1. The van der Waals surface area contributed by atoms with Gasteiger partial charge in [0.25, 0.3) is 0 Å². The number of thiophene rings is 1. The summed E-state index contributed by atoms with van der Waals surface area (Å²) >= 11 is 8.81. The lowest BCUT2D eigenvalue weighted by molar-refractivity contribution is 1.22. The molecule has 0 saturated carbocycles. The van der Waals surface area contributed by atoms with Gasteiger partial charge in [0.1, 0.15) is 0 Å². The van der Waals surface area contributed by atoms with Crippen molar-refractivity contribution in [2.24, 2.45) is 0 Å². The second-order valence-electron chi connectivity index (χ2n) is 7.29. The van der Waals surface area contributed by atoms with E-state index in [9.17, 15) is 0 Å². The van der Waals surface area contributed by atoms with Crippen molar-refractivity contribution in [2.45, 2.75) is 0 Å². The lowest BCUT2D eigenvalue weighted by Crippen LogP contribution is -1.93. The molecular formula is C27H17Br2N3S. The van der Waals surface area contributed by atoms with Gasteiger partial charge >= 0.3 is 0 Å². The van der Waals surface area contributed by atoms with Crippen LogP contribution in [0.15, 0.2) is 98.8 Å². The van der Waals surface area contributed by atoms with Crippen LogP contribution in [0.3, 0.4) is 0 Å². The van der Waals surface area contributed by atoms with Gasteiger partial charge in [-0.15, -0.1) is 11.3 Å². The van der Waals surface area contributed by atoms with Crippen LogP contribution in [0.5, 0.6) is 0 Å². The first kappa shape index (κ1) is 21.9. The average Bonchev–Trinajstić information content (AvgIpc) is 3.20. The van der Waals surface area contributed by atoms with Gasteiger partial charge in [0.2, 0.25) is 0 Å². The summed E-state index contributed by atoms with van der Waals surface area (Å²) in [6.07, 6.45) is 7.81. The summed E-state index contributed by atoms with van der Waals surface area (Å²) in [4.78, 5) is 13.8. The van der Waals surface area contributed by atoms with E-state index in [0.29, 0.717) is 0 Å². The normalized spacial score (nSPS) is 11.2. The van der Waals surface area contributed by atoms with Crippen molar-refractivity contribution in [3.05, 3.63) is 110 Å². The number of aromatic nitrogens is 3. The van der Waals surface area contributed by atoms with Gasteiger partial charge in [-0.3, -0.25) is 9.97 Å². The molecule has 0 spiro atoms.